The Hall–Kier alpha value is -1.87. The second kappa shape index (κ2) is 6.27. The molecule has 0 saturated carbocycles. The van der Waals surface area contributed by atoms with Gasteiger partial charge in [0.1, 0.15) is 11.6 Å². The summed E-state index contributed by atoms with van der Waals surface area (Å²) in [5, 5.41) is 3.22. The van der Waals surface area contributed by atoms with E-state index in [4.69, 9.17) is 4.74 Å². The highest BCUT2D eigenvalue weighted by Crippen LogP contribution is 2.34. The maximum absolute atomic E-state index is 14.4. The fourth-order valence-corrected chi connectivity index (χ4v) is 2.72. The summed E-state index contributed by atoms with van der Waals surface area (Å²) in [5.41, 5.74) is 5.21. The molecule has 2 aromatic carbocycles. The fourth-order valence-electron chi connectivity index (χ4n) is 2.72. The molecule has 0 heterocycles. The van der Waals surface area contributed by atoms with Crippen molar-refractivity contribution in [1.82, 2.24) is 5.32 Å². The molecule has 1 unspecified atom stereocenters. The monoisotopic (exact) mass is 287 g/mol. The molecule has 3 heteroatoms. The number of benzene rings is 2. The Bertz CT molecular complexity index is 652. The maximum Gasteiger partial charge on any atom is 0.132 e. The van der Waals surface area contributed by atoms with Gasteiger partial charge in [0, 0.05) is 0 Å². The number of ether oxygens (including phenoxy) is 1. The first-order chi connectivity index (χ1) is 9.99. The van der Waals surface area contributed by atoms with Crippen LogP contribution in [0.3, 0.4) is 0 Å². The molecule has 0 aliphatic rings. The lowest BCUT2D eigenvalue weighted by molar-refractivity contribution is 0.398. The van der Waals surface area contributed by atoms with E-state index in [1.165, 1.54) is 17.2 Å². The highest BCUT2D eigenvalue weighted by Gasteiger charge is 2.22. The molecule has 0 spiro atoms. The van der Waals surface area contributed by atoms with Gasteiger partial charge < -0.3 is 10.1 Å². The van der Waals surface area contributed by atoms with Crippen molar-refractivity contribution in [1.29, 1.82) is 0 Å². The Morgan fingerprint density at radius 2 is 1.71 bits per heavy atom. The third-order valence-corrected chi connectivity index (χ3v) is 4.00. The lowest BCUT2D eigenvalue weighted by Gasteiger charge is -2.23. The molecule has 0 aliphatic heterocycles. The summed E-state index contributed by atoms with van der Waals surface area (Å²) in [7, 11) is 3.41. The number of hydrogen-bond acceptors (Lipinski definition) is 2. The van der Waals surface area contributed by atoms with Gasteiger partial charge in [-0.3, -0.25) is 0 Å². The number of methoxy groups -OCH3 is 1. The Balaban J connectivity index is 2.63. The molecule has 2 aromatic rings. The van der Waals surface area contributed by atoms with Gasteiger partial charge in [0.25, 0.3) is 0 Å². The van der Waals surface area contributed by atoms with Crippen LogP contribution in [0.2, 0.25) is 0 Å². The zero-order valence-corrected chi connectivity index (χ0v) is 13.3. The third-order valence-electron chi connectivity index (χ3n) is 4.00. The zero-order valence-electron chi connectivity index (χ0n) is 13.3. The minimum Gasteiger partial charge on any atom is -0.496 e. The van der Waals surface area contributed by atoms with Crippen molar-refractivity contribution in [2.75, 3.05) is 14.2 Å². The summed E-state index contributed by atoms with van der Waals surface area (Å²) in [6, 6.07) is 8.95. The van der Waals surface area contributed by atoms with Crippen LogP contribution in [0.25, 0.3) is 0 Å². The quantitative estimate of drug-likeness (QED) is 0.915. The van der Waals surface area contributed by atoms with Crippen molar-refractivity contribution in [2.45, 2.75) is 26.8 Å². The summed E-state index contributed by atoms with van der Waals surface area (Å²) in [4.78, 5) is 0. The summed E-state index contributed by atoms with van der Waals surface area (Å²) in [6.07, 6.45) is 0. The first-order valence-electron chi connectivity index (χ1n) is 7.07. The van der Waals surface area contributed by atoms with Gasteiger partial charge >= 0.3 is 0 Å². The van der Waals surface area contributed by atoms with Crippen LogP contribution in [0.4, 0.5) is 4.39 Å². The van der Waals surface area contributed by atoms with E-state index in [1.807, 2.05) is 7.05 Å². The molecule has 0 aliphatic carbocycles. The van der Waals surface area contributed by atoms with Crippen molar-refractivity contribution < 1.29 is 9.13 Å². The Morgan fingerprint density at radius 3 is 2.33 bits per heavy atom. The normalized spacial score (nSPS) is 12.3. The highest BCUT2D eigenvalue weighted by atomic mass is 19.1. The zero-order chi connectivity index (χ0) is 15.6. The number of halogens is 1. The minimum absolute atomic E-state index is 0.236. The number of hydrogen-bond donors (Lipinski definition) is 1. The molecule has 112 valence electrons. The predicted octanol–water partition coefficient (Wildman–Crippen LogP) is 4.07. The van der Waals surface area contributed by atoms with Gasteiger partial charge in [0.05, 0.1) is 18.7 Å². The highest BCUT2D eigenvalue weighted by molar-refractivity contribution is 5.47. The van der Waals surface area contributed by atoms with Gasteiger partial charge in [0.2, 0.25) is 0 Å². The van der Waals surface area contributed by atoms with Gasteiger partial charge in [-0.1, -0.05) is 18.2 Å². The van der Waals surface area contributed by atoms with E-state index in [0.717, 1.165) is 11.1 Å². The Labute approximate surface area is 126 Å². The van der Waals surface area contributed by atoms with Crippen molar-refractivity contribution >= 4 is 0 Å². The molecule has 1 atom stereocenters. The molecule has 0 fully saturated rings. The molecule has 0 aromatic heterocycles. The van der Waals surface area contributed by atoms with Gasteiger partial charge in [-0.05, 0) is 62.2 Å². The number of aryl methyl sites for hydroxylation is 3. The van der Waals surface area contributed by atoms with E-state index in [1.54, 1.807) is 19.2 Å². The van der Waals surface area contributed by atoms with Crippen LogP contribution < -0.4 is 10.1 Å². The fraction of sp³-hybridized carbons (Fsp3) is 0.333. The predicted molar refractivity (Wildman–Crippen MR) is 84.5 cm³/mol. The topological polar surface area (TPSA) is 21.3 Å². The summed E-state index contributed by atoms with van der Waals surface area (Å²) >= 11 is 0. The van der Waals surface area contributed by atoms with Gasteiger partial charge in [-0.15, -0.1) is 0 Å². The lowest BCUT2D eigenvalue weighted by atomic mass is 9.91. The number of rotatable bonds is 4. The second-order valence-electron chi connectivity index (χ2n) is 5.37. The first-order valence-corrected chi connectivity index (χ1v) is 7.07. The van der Waals surface area contributed by atoms with E-state index in [0.29, 0.717) is 11.3 Å². The minimum atomic E-state index is -0.258. The third kappa shape index (κ3) is 2.93. The van der Waals surface area contributed by atoms with Crippen LogP contribution in [-0.2, 0) is 0 Å². The molecular formula is C18H22FNO. The Kier molecular flexibility index (Phi) is 4.63. The van der Waals surface area contributed by atoms with E-state index in [2.05, 4.69) is 38.2 Å². The van der Waals surface area contributed by atoms with Crippen LogP contribution in [0, 0.1) is 26.6 Å². The van der Waals surface area contributed by atoms with Crippen molar-refractivity contribution in [3.63, 3.8) is 0 Å². The second-order valence-corrected chi connectivity index (χ2v) is 5.37. The van der Waals surface area contributed by atoms with Crippen LogP contribution in [-0.4, -0.2) is 14.2 Å². The van der Waals surface area contributed by atoms with E-state index in [9.17, 15) is 4.39 Å². The van der Waals surface area contributed by atoms with Crippen molar-refractivity contribution in [3.05, 3.63) is 64.0 Å². The van der Waals surface area contributed by atoms with E-state index >= 15 is 0 Å². The van der Waals surface area contributed by atoms with Crippen molar-refractivity contribution in [3.8, 4) is 5.75 Å². The van der Waals surface area contributed by atoms with Crippen LogP contribution >= 0.6 is 0 Å². The average Bonchev–Trinajstić information content (AvgIpc) is 2.46. The van der Waals surface area contributed by atoms with Crippen LogP contribution in [0.5, 0.6) is 5.75 Å². The molecule has 0 saturated heterocycles. The van der Waals surface area contributed by atoms with Gasteiger partial charge in [-0.2, -0.15) is 0 Å². The van der Waals surface area contributed by atoms with E-state index in [-0.39, 0.29) is 11.9 Å². The smallest absolute Gasteiger partial charge is 0.132 e. The first kappa shape index (κ1) is 15.5. The summed E-state index contributed by atoms with van der Waals surface area (Å²) in [5.74, 6) is 0.304. The summed E-state index contributed by atoms with van der Waals surface area (Å²) < 4.78 is 19.7. The average molecular weight is 287 g/mol. The molecule has 2 nitrogen and oxygen atoms in total. The maximum atomic E-state index is 14.4. The van der Waals surface area contributed by atoms with Gasteiger partial charge in [-0.25, -0.2) is 4.39 Å². The Morgan fingerprint density at radius 1 is 1.05 bits per heavy atom. The molecule has 1 N–H and O–H groups in total. The van der Waals surface area contributed by atoms with Crippen molar-refractivity contribution in [2.24, 2.45) is 0 Å². The standard InChI is InChI=1S/C18H22FNO/c1-11-9-13(3)14(10-12(11)2)18(20-4)17-15(19)7-6-8-16(17)21-5/h6-10,18,20H,1-5H3. The summed E-state index contributed by atoms with van der Waals surface area (Å²) in [6.45, 7) is 6.22. The van der Waals surface area contributed by atoms with E-state index < -0.39 is 0 Å². The SMILES string of the molecule is CNC(c1cc(C)c(C)cc1C)c1c(F)cccc1OC. The molecular weight excluding hydrogens is 265 g/mol. The van der Waals surface area contributed by atoms with Gasteiger partial charge in [0.15, 0.2) is 0 Å². The molecule has 21 heavy (non-hydrogen) atoms. The molecule has 0 bridgehead atoms. The molecule has 0 radical (unpaired) electrons. The molecule has 0 amide bonds. The molecule has 2 rings (SSSR count). The van der Waals surface area contributed by atoms with Crippen LogP contribution in [0.1, 0.15) is 33.9 Å². The van der Waals surface area contributed by atoms with Crippen LogP contribution in [0.15, 0.2) is 30.3 Å². The largest absolute Gasteiger partial charge is 0.496 e. The number of nitrogens with one attached hydrogen (secondary N) is 1. The lowest BCUT2D eigenvalue weighted by Crippen LogP contribution is -2.21.